The van der Waals surface area contributed by atoms with Crippen molar-refractivity contribution in [2.45, 2.75) is 75.3 Å². The van der Waals surface area contributed by atoms with Crippen molar-refractivity contribution in [1.82, 2.24) is 0 Å². The van der Waals surface area contributed by atoms with Gasteiger partial charge in [0, 0.05) is 71.4 Å². The second kappa shape index (κ2) is 23.0. The van der Waals surface area contributed by atoms with Crippen molar-refractivity contribution in [3.8, 4) is 0 Å². The molecule has 0 radical (unpaired) electrons. The van der Waals surface area contributed by atoms with Gasteiger partial charge in [-0.2, -0.15) is 9.15 Å². The van der Waals surface area contributed by atoms with Crippen LogP contribution in [0, 0.1) is 13.8 Å². The monoisotopic (exact) mass is 1380 g/mol. The van der Waals surface area contributed by atoms with Gasteiger partial charge in [0.05, 0.1) is 60.2 Å². The van der Waals surface area contributed by atoms with E-state index < -0.39 is 35.9 Å². The van der Waals surface area contributed by atoms with Gasteiger partial charge in [-0.25, -0.2) is 16.8 Å². The van der Waals surface area contributed by atoms with Crippen LogP contribution >= 0.6 is 15.6 Å². The molecule has 0 aliphatic carbocycles. The maximum absolute atomic E-state index is 10.7. The van der Waals surface area contributed by atoms with Gasteiger partial charge < -0.3 is 27.9 Å². The van der Waals surface area contributed by atoms with E-state index in [1.165, 1.54) is 113 Å². The number of halogens is 12. The molecular weight excluding hydrogens is 1300 g/mol. The molecule has 12 nitrogen and oxygen atoms in total. The molecule has 28 heteroatoms. The first-order chi connectivity index (χ1) is 41.3. The minimum absolute atomic E-state index is 0.163. The van der Waals surface area contributed by atoms with Crippen LogP contribution in [0.15, 0.2) is 143 Å². The average molecular weight is 1380 g/mol. The molecule has 4 heterocycles. The summed E-state index contributed by atoms with van der Waals surface area (Å²) in [5, 5.41) is 5.32. The van der Waals surface area contributed by atoms with E-state index >= 15 is 0 Å². The summed E-state index contributed by atoms with van der Waals surface area (Å²) in [6.07, 6.45) is 9.53. The summed E-state index contributed by atoms with van der Waals surface area (Å²) < 4.78 is 188. The standard InChI is InChI=1S/C50H60N6.2C7H8O3S.2F6P/c1-49(2)41-27-44-42(28-43(41)53(7)45(49)23-21-33-25-35-29-55(9,10)31-51(5)47(35)39-19-15-13-17-37(33)39)50(3,4)46(54(44)8)24-22-34-26-36-30-56(11,12)32-52(6)48(36)40-20-16-14-18-38(34)40;2*1-6-2-4-7(5-3-6)11(8,9)10;2*1-7(2,3,4,5)6/h13-28H,29-32H2,1-12H3;2*2-5H,1H3,(H,8,9,10);;/q+4;;;2*-1/p-2. The van der Waals surface area contributed by atoms with Crippen molar-refractivity contribution in [1.29, 1.82) is 0 Å². The number of hydrogen-bond acceptors (Lipinski definition) is 8. The molecule has 7 aromatic rings. The Morgan fingerprint density at radius 3 is 1.01 bits per heavy atom. The van der Waals surface area contributed by atoms with Crippen molar-refractivity contribution < 1.29 is 94.4 Å². The second-order valence-electron chi connectivity index (χ2n) is 26.0. The molecule has 0 fully saturated rings. The number of hydrogen-bond donors (Lipinski definition) is 0. The van der Waals surface area contributed by atoms with Crippen molar-refractivity contribution >= 4 is 104 Å². The Morgan fingerprint density at radius 1 is 0.467 bits per heavy atom. The second-order valence-corrected chi connectivity index (χ2v) is 32.6. The molecular formula is C64H74F12N6O6P2S2. The van der Waals surface area contributed by atoms with Crippen LogP contribution in [-0.2, 0) is 44.2 Å². The molecule has 11 rings (SSSR count). The molecule has 0 saturated carbocycles. The van der Waals surface area contributed by atoms with Crippen molar-refractivity contribution in [2.24, 2.45) is 0 Å². The molecule has 4 aliphatic rings. The number of aryl methyl sites for hydroxylation is 2. The summed E-state index contributed by atoms with van der Waals surface area (Å²) in [5.74, 6) is 0. The number of fused-ring (bicyclic) bond motifs is 8. The summed E-state index contributed by atoms with van der Waals surface area (Å²) >= 11 is 0. The van der Waals surface area contributed by atoms with E-state index in [0.29, 0.717) is 0 Å². The van der Waals surface area contributed by atoms with Gasteiger partial charge in [-0.3, -0.25) is 0 Å². The zero-order chi connectivity index (χ0) is 69.5. The fraction of sp³-hybridized carbons (Fsp3) is 0.312. The number of benzene rings is 7. The Morgan fingerprint density at radius 2 is 0.739 bits per heavy atom. The third-order valence-corrected chi connectivity index (χ3v) is 17.8. The van der Waals surface area contributed by atoms with E-state index in [0.717, 1.165) is 46.5 Å². The molecule has 0 atom stereocenters. The van der Waals surface area contributed by atoms with Crippen molar-refractivity contribution in [3.05, 3.63) is 178 Å². The first-order valence-corrected chi connectivity index (χ1v) is 35.3. The van der Waals surface area contributed by atoms with Crippen LogP contribution in [0.2, 0.25) is 0 Å². The fourth-order valence-corrected chi connectivity index (χ4v) is 13.5. The zero-order valence-electron chi connectivity index (χ0n) is 53.1. The zero-order valence-corrected chi connectivity index (χ0v) is 56.5. The molecule has 0 amide bonds. The predicted octanol–water partition coefficient (Wildman–Crippen LogP) is 18.0. The van der Waals surface area contributed by atoms with Gasteiger partial charge in [-0.15, -0.1) is 0 Å². The van der Waals surface area contributed by atoms with Crippen LogP contribution in [0.3, 0.4) is 0 Å². The van der Waals surface area contributed by atoms with Gasteiger partial charge in [0.1, 0.15) is 47.4 Å². The van der Waals surface area contributed by atoms with Gasteiger partial charge in [0.25, 0.3) is 0 Å². The molecule has 92 heavy (non-hydrogen) atoms. The van der Waals surface area contributed by atoms with E-state index in [2.05, 4.69) is 200 Å². The van der Waals surface area contributed by atoms with Gasteiger partial charge >= 0.3 is 66.0 Å². The first-order valence-electron chi connectivity index (χ1n) is 28.4. The summed E-state index contributed by atoms with van der Waals surface area (Å²) in [4.78, 5) is 4.53. The molecule has 0 N–H and O–H groups in total. The summed E-state index contributed by atoms with van der Waals surface area (Å²) in [7, 11) is -11.5. The van der Waals surface area contributed by atoms with Crippen LogP contribution in [0.1, 0.15) is 72.2 Å². The average Bonchev–Trinajstić information content (AvgIpc) is 1.51. The summed E-state index contributed by atoms with van der Waals surface area (Å²) in [5.41, 5.74) is 17.7. The topological polar surface area (TPSA) is 127 Å². The molecule has 0 unspecified atom stereocenters. The van der Waals surface area contributed by atoms with Gasteiger partial charge in [-0.05, 0) is 112 Å². The predicted molar refractivity (Wildman–Crippen MR) is 344 cm³/mol. The Bertz CT molecular complexity index is 4160. The molecule has 0 bridgehead atoms. The van der Waals surface area contributed by atoms with Gasteiger partial charge in [0.15, 0.2) is 24.8 Å². The molecule has 502 valence electrons. The summed E-state index contributed by atoms with van der Waals surface area (Å²) in [6, 6.07) is 39.3. The minimum atomic E-state index is -10.7. The number of allylic oxidation sites excluding steroid dienone is 2. The van der Waals surface area contributed by atoms with Crippen LogP contribution in [0.4, 0.5) is 73.1 Å². The van der Waals surface area contributed by atoms with Gasteiger partial charge in [0.2, 0.25) is 11.4 Å². The number of anilines is 2. The molecule has 0 saturated heterocycles. The molecule has 0 spiro atoms. The summed E-state index contributed by atoms with van der Waals surface area (Å²) in [6.45, 7) is 17.3. The molecule has 4 aliphatic heterocycles. The van der Waals surface area contributed by atoms with Crippen molar-refractivity contribution in [2.75, 3.05) is 79.5 Å². The van der Waals surface area contributed by atoms with Gasteiger partial charge in [-0.1, -0.05) is 83.9 Å². The SMILES string of the molecule is CN1C[N+](C)(C)Cc2cc(C=CC3=[N+](C)c4cc5c(cc4C3(C)C)[N+](C)=C(C=Cc3cc4c(c6ccccc36)N(C)C[N+](C)(C)C4)C5(C)C)c3ccccc3c21.Cc1ccc(S(=O)(=O)[O-])cc1.Cc1ccc(S(=O)(=O)[O-])cc1.F[P-](F)(F)(F)(F)F.F[P-](F)(F)(F)(F)F. The Balaban J connectivity index is 0.000000268. The van der Waals surface area contributed by atoms with E-state index in [1.807, 2.05) is 13.8 Å². The normalized spacial score (nSPS) is 18.7. The molecule has 0 aromatic heterocycles. The molecule has 7 aromatic carbocycles. The van der Waals surface area contributed by atoms with Crippen LogP contribution in [0.25, 0.3) is 33.7 Å². The Hall–Kier alpha value is -6.76. The fourth-order valence-electron chi connectivity index (χ4n) is 12.5. The Kier molecular flexibility index (Phi) is 18.2. The van der Waals surface area contributed by atoms with Crippen LogP contribution in [0.5, 0.6) is 0 Å². The van der Waals surface area contributed by atoms with E-state index in [-0.39, 0.29) is 20.6 Å². The maximum atomic E-state index is 10.4. The first kappa shape index (κ1) is 72.7. The van der Waals surface area contributed by atoms with Crippen molar-refractivity contribution in [3.63, 3.8) is 0 Å². The number of quaternary nitrogens is 2. The van der Waals surface area contributed by atoms with E-state index in [4.69, 9.17) is 0 Å². The van der Waals surface area contributed by atoms with E-state index in [1.54, 1.807) is 24.3 Å². The van der Waals surface area contributed by atoms with E-state index in [9.17, 15) is 76.3 Å². The third kappa shape index (κ3) is 18.8. The number of nitrogens with zero attached hydrogens (tertiary/aromatic N) is 6. The van der Waals surface area contributed by atoms with Crippen LogP contribution < -0.4 is 9.80 Å². The number of rotatable bonds is 6. The Labute approximate surface area is 528 Å². The third-order valence-electron chi connectivity index (χ3n) is 16.1. The quantitative estimate of drug-likeness (QED) is 0.0530. The van der Waals surface area contributed by atoms with Crippen LogP contribution in [-0.4, -0.2) is 125 Å².